The number of nitrogens with one attached hydrogen (secondary N) is 1. The van der Waals surface area contributed by atoms with Crippen LogP contribution in [0, 0.1) is 0 Å². The number of carbonyl (C=O) groups is 2. The molecule has 142 valence electrons. The number of thioether (sulfide) groups is 1. The highest BCUT2D eigenvalue weighted by molar-refractivity contribution is 8.15. The van der Waals surface area contributed by atoms with Gasteiger partial charge in [-0.1, -0.05) is 48.3 Å². The molecule has 2 amide bonds. The summed E-state index contributed by atoms with van der Waals surface area (Å²) < 4.78 is 0. The number of phenols is 1. The van der Waals surface area contributed by atoms with Gasteiger partial charge >= 0.3 is 0 Å². The van der Waals surface area contributed by atoms with Gasteiger partial charge in [-0.3, -0.25) is 14.5 Å². The largest absolute Gasteiger partial charge is 0.505 e. The number of unbranched alkanes of at least 4 members (excludes halogenated alkanes) is 1. The normalized spacial score (nSPS) is 18.6. The predicted octanol–water partition coefficient (Wildman–Crippen LogP) is 3.96. The Hall–Kier alpha value is -1.44. The first kappa shape index (κ1) is 20.9. The second-order valence-electron chi connectivity index (χ2n) is 5.76. The van der Waals surface area contributed by atoms with Crippen molar-refractivity contribution in [3.8, 4) is 5.75 Å². The molecule has 0 aliphatic carbocycles. The molecule has 2 N–H and O–H groups in total. The quantitative estimate of drug-likeness (QED) is 0.703. The van der Waals surface area contributed by atoms with Gasteiger partial charge in [0.15, 0.2) is 10.9 Å². The van der Waals surface area contributed by atoms with Gasteiger partial charge < -0.3 is 10.4 Å². The van der Waals surface area contributed by atoms with Crippen LogP contribution in [0.4, 0.5) is 5.69 Å². The summed E-state index contributed by atoms with van der Waals surface area (Å²) in [6, 6.07) is 2.96. The number of aromatic hydroxyl groups is 1. The van der Waals surface area contributed by atoms with Gasteiger partial charge in [0, 0.05) is 19.5 Å². The van der Waals surface area contributed by atoms with Crippen LogP contribution in [0.1, 0.15) is 33.1 Å². The van der Waals surface area contributed by atoms with Crippen molar-refractivity contribution < 1.29 is 14.7 Å². The van der Waals surface area contributed by atoms with E-state index in [4.69, 9.17) is 23.2 Å². The summed E-state index contributed by atoms with van der Waals surface area (Å²) in [6.45, 7) is 4.93. The number of nitrogens with zero attached hydrogens (tertiary/aromatic N) is 2. The highest BCUT2D eigenvalue weighted by Gasteiger charge is 2.38. The fourth-order valence-electron chi connectivity index (χ4n) is 2.41. The van der Waals surface area contributed by atoms with Crippen LogP contribution in [0.3, 0.4) is 0 Å². The monoisotopic (exact) mass is 417 g/mol. The highest BCUT2D eigenvalue weighted by Crippen LogP contribution is 2.38. The number of amides is 2. The zero-order chi connectivity index (χ0) is 19.3. The van der Waals surface area contributed by atoms with E-state index in [1.165, 1.54) is 23.9 Å². The van der Waals surface area contributed by atoms with E-state index < -0.39 is 5.25 Å². The molecule has 0 spiro atoms. The minimum Gasteiger partial charge on any atom is -0.505 e. The molecule has 26 heavy (non-hydrogen) atoms. The number of benzene rings is 1. The molecule has 1 aliphatic heterocycles. The first-order valence-electron chi connectivity index (χ1n) is 8.38. The number of carbonyl (C=O) groups excluding carboxylic acids is 2. The number of hydrogen-bond donors (Lipinski definition) is 2. The number of rotatable bonds is 7. The Labute approximate surface area is 166 Å². The topological polar surface area (TPSA) is 82.0 Å². The van der Waals surface area contributed by atoms with E-state index in [2.05, 4.69) is 10.3 Å². The number of amidine groups is 1. The first-order chi connectivity index (χ1) is 12.4. The van der Waals surface area contributed by atoms with Crippen LogP contribution < -0.4 is 5.32 Å². The molecule has 6 nitrogen and oxygen atoms in total. The van der Waals surface area contributed by atoms with Gasteiger partial charge in [0.05, 0.1) is 15.7 Å². The maximum atomic E-state index is 12.7. The third-order valence-corrected chi connectivity index (χ3v) is 5.48. The van der Waals surface area contributed by atoms with Gasteiger partial charge in [0.25, 0.3) is 0 Å². The van der Waals surface area contributed by atoms with Crippen LogP contribution in [0.5, 0.6) is 5.75 Å². The zero-order valence-electron chi connectivity index (χ0n) is 14.6. The summed E-state index contributed by atoms with van der Waals surface area (Å²) >= 11 is 13.1. The van der Waals surface area contributed by atoms with Crippen molar-refractivity contribution in [1.29, 1.82) is 0 Å². The first-order valence-corrected chi connectivity index (χ1v) is 10.0. The van der Waals surface area contributed by atoms with Gasteiger partial charge in [-0.2, -0.15) is 0 Å². The fraction of sp³-hybridized carbons (Fsp3) is 0.471. The lowest BCUT2D eigenvalue weighted by Crippen LogP contribution is -2.35. The lowest BCUT2D eigenvalue weighted by molar-refractivity contribution is -0.129. The van der Waals surface area contributed by atoms with E-state index in [1.54, 1.807) is 4.90 Å². The zero-order valence-corrected chi connectivity index (χ0v) is 16.9. The summed E-state index contributed by atoms with van der Waals surface area (Å²) in [6.07, 6.45) is 1.87. The van der Waals surface area contributed by atoms with Crippen molar-refractivity contribution in [2.24, 2.45) is 4.99 Å². The molecule has 0 unspecified atom stereocenters. The third-order valence-electron chi connectivity index (χ3n) is 3.73. The Balaban J connectivity index is 2.28. The van der Waals surface area contributed by atoms with E-state index in [9.17, 15) is 14.7 Å². The average molecular weight is 418 g/mol. The lowest BCUT2D eigenvalue weighted by atomic mass is 10.2. The fourth-order valence-corrected chi connectivity index (χ4v) is 4.07. The van der Waals surface area contributed by atoms with Gasteiger partial charge in [-0.15, -0.1) is 0 Å². The molecule has 2 rings (SSSR count). The Morgan fingerprint density at radius 2 is 2.00 bits per heavy atom. The summed E-state index contributed by atoms with van der Waals surface area (Å²) in [7, 11) is 0. The molecule has 1 aromatic rings. The van der Waals surface area contributed by atoms with Crippen LogP contribution in [0.15, 0.2) is 17.1 Å². The number of hydrogen-bond acceptors (Lipinski definition) is 5. The SMILES string of the molecule is CCCCN1C(=O)[C@@H](CC(=O)NCC)SC1=Nc1cc(Cl)c(O)c(Cl)c1. The summed E-state index contributed by atoms with van der Waals surface area (Å²) in [5, 5.41) is 12.6. The molecule has 0 bridgehead atoms. The smallest absolute Gasteiger partial charge is 0.242 e. The summed E-state index contributed by atoms with van der Waals surface area (Å²) in [5.74, 6) is -0.487. The Kier molecular flexibility index (Phi) is 7.61. The Bertz CT molecular complexity index is 704. The minimum absolute atomic E-state index is 0.0881. The molecular weight excluding hydrogens is 397 g/mol. The molecule has 0 saturated carbocycles. The van der Waals surface area contributed by atoms with Crippen molar-refractivity contribution in [3.05, 3.63) is 22.2 Å². The van der Waals surface area contributed by atoms with Gasteiger partial charge in [-0.25, -0.2) is 4.99 Å². The van der Waals surface area contributed by atoms with Crippen molar-refractivity contribution in [2.75, 3.05) is 13.1 Å². The van der Waals surface area contributed by atoms with E-state index in [-0.39, 0.29) is 34.0 Å². The predicted molar refractivity (Wildman–Crippen MR) is 107 cm³/mol. The molecular formula is C17H21Cl2N3O3S. The summed E-state index contributed by atoms with van der Waals surface area (Å²) in [5.41, 5.74) is 0.438. The molecule has 9 heteroatoms. The molecule has 1 heterocycles. The Morgan fingerprint density at radius 3 is 2.58 bits per heavy atom. The molecule has 1 aliphatic rings. The van der Waals surface area contributed by atoms with Crippen LogP contribution >= 0.6 is 35.0 Å². The third kappa shape index (κ3) is 5.05. The number of aliphatic imine (C=N–C) groups is 1. The maximum absolute atomic E-state index is 12.7. The summed E-state index contributed by atoms with van der Waals surface area (Å²) in [4.78, 5) is 30.6. The number of phenolic OH excluding ortho intramolecular Hbond substituents is 1. The van der Waals surface area contributed by atoms with E-state index in [0.29, 0.717) is 23.9 Å². The van der Waals surface area contributed by atoms with E-state index >= 15 is 0 Å². The van der Waals surface area contributed by atoms with Crippen molar-refractivity contribution in [1.82, 2.24) is 10.2 Å². The number of halogens is 2. The van der Waals surface area contributed by atoms with Crippen molar-refractivity contribution in [2.45, 2.75) is 38.4 Å². The van der Waals surface area contributed by atoms with Gasteiger partial charge in [0.1, 0.15) is 5.25 Å². The van der Waals surface area contributed by atoms with Crippen LogP contribution in [0.2, 0.25) is 10.0 Å². The Morgan fingerprint density at radius 1 is 1.35 bits per heavy atom. The second kappa shape index (κ2) is 9.48. The van der Waals surface area contributed by atoms with Crippen LogP contribution in [-0.2, 0) is 9.59 Å². The van der Waals surface area contributed by atoms with E-state index in [0.717, 1.165) is 12.8 Å². The molecule has 1 atom stereocenters. The minimum atomic E-state index is -0.500. The molecule has 1 saturated heterocycles. The molecule has 0 radical (unpaired) electrons. The van der Waals surface area contributed by atoms with Crippen LogP contribution in [-0.4, -0.2) is 45.3 Å². The lowest BCUT2D eigenvalue weighted by Gasteiger charge is -2.16. The van der Waals surface area contributed by atoms with Crippen molar-refractivity contribution in [3.63, 3.8) is 0 Å². The van der Waals surface area contributed by atoms with Gasteiger partial charge in [-0.05, 0) is 25.5 Å². The van der Waals surface area contributed by atoms with Gasteiger partial charge in [0.2, 0.25) is 11.8 Å². The maximum Gasteiger partial charge on any atom is 0.242 e. The molecule has 1 aromatic carbocycles. The molecule has 0 aromatic heterocycles. The van der Waals surface area contributed by atoms with Crippen molar-refractivity contribution >= 4 is 57.6 Å². The highest BCUT2D eigenvalue weighted by atomic mass is 35.5. The average Bonchev–Trinajstić information content (AvgIpc) is 2.86. The standard InChI is InChI=1S/C17H21Cl2N3O3S/c1-3-5-6-22-16(25)13(9-14(23)20-4-2)26-17(22)21-10-7-11(18)15(24)12(19)8-10/h7-8,13,24H,3-6,9H2,1-2H3,(H,20,23)/t13-/m1/s1. The van der Waals surface area contributed by atoms with E-state index in [1.807, 2.05) is 13.8 Å². The van der Waals surface area contributed by atoms with Crippen LogP contribution in [0.25, 0.3) is 0 Å². The molecule has 1 fully saturated rings. The second-order valence-corrected chi connectivity index (χ2v) is 7.74.